The first-order valence-electron chi connectivity index (χ1n) is 14.2. The lowest BCUT2D eigenvalue weighted by Gasteiger charge is -2.44. The molecule has 0 aromatic carbocycles. The summed E-state index contributed by atoms with van der Waals surface area (Å²) >= 11 is 0. The summed E-state index contributed by atoms with van der Waals surface area (Å²) in [5.74, 6) is 2.00. The van der Waals surface area contributed by atoms with E-state index in [0.29, 0.717) is 36.5 Å². The Kier molecular flexibility index (Phi) is 8.07. The molecule has 4 aliphatic rings. The highest BCUT2D eigenvalue weighted by Gasteiger charge is 2.50. The Morgan fingerprint density at radius 3 is 2.53 bits per heavy atom. The van der Waals surface area contributed by atoms with Crippen LogP contribution in [0.5, 0.6) is 0 Å². The van der Waals surface area contributed by atoms with E-state index in [2.05, 4.69) is 44.7 Å². The molecule has 4 nitrogen and oxygen atoms in total. The van der Waals surface area contributed by atoms with Crippen LogP contribution in [0.3, 0.4) is 0 Å². The molecule has 4 rings (SSSR count). The summed E-state index contributed by atoms with van der Waals surface area (Å²) in [6.07, 6.45) is 17.0. The van der Waals surface area contributed by atoms with Gasteiger partial charge in [-0.3, -0.25) is 4.79 Å². The topological polar surface area (TPSA) is 66.8 Å². The zero-order valence-electron chi connectivity index (χ0n) is 23.1. The summed E-state index contributed by atoms with van der Waals surface area (Å²) in [6.45, 7) is 14.7. The second-order valence-electron chi connectivity index (χ2n) is 13.4. The van der Waals surface area contributed by atoms with Gasteiger partial charge in [0.25, 0.3) is 0 Å². The van der Waals surface area contributed by atoms with Crippen LogP contribution in [0.25, 0.3) is 0 Å². The standard InChI is InChI=1S/C32H48O4/c1-20(9-16-29(23-11-12-23)36-30(35)31(3,4)5)26-14-15-27-22(8-7-17-32(26,27)6)10-13-24-18-25(33)19-28(34)21(24)2/h9-10,13,16,20,23,25-29,33-34H,2,7-8,11-12,14-15,17-19H2,1,3-6H3/b16-9+,22-10+,24-13-/t20-,25-,26-,27+,28+,29+,32-/m1/s1. The van der Waals surface area contributed by atoms with Gasteiger partial charge in [0.05, 0.1) is 17.6 Å². The lowest BCUT2D eigenvalue weighted by atomic mass is 9.61. The van der Waals surface area contributed by atoms with Crippen LogP contribution >= 0.6 is 0 Å². The maximum Gasteiger partial charge on any atom is 0.311 e. The molecule has 4 fully saturated rings. The van der Waals surface area contributed by atoms with Crippen molar-refractivity contribution in [2.24, 2.45) is 34.5 Å². The predicted octanol–water partition coefficient (Wildman–Crippen LogP) is 6.69. The van der Waals surface area contributed by atoms with E-state index < -0.39 is 17.6 Å². The molecule has 0 saturated heterocycles. The summed E-state index contributed by atoms with van der Waals surface area (Å²) in [4.78, 5) is 12.5. The molecule has 0 unspecified atom stereocenters. The number of carbonyl (C=O) groups excluding carboxylic acids is 1. The van der Waals surface area contributed by atoms with Crippen molar-refractivity contribution in [3.63, 3.8) is 0 Å². The highest BCUT2D eigenvalue weighted by atomic mass is 16.5. The largest absolute Gasteiger partial charge is 0.457 e. The van der Waals surface area contributed by atoms with Gasteiger partial charge in [0.1, 0.15) is 6.10 Å². The highest BCUT2D eigenvalue weighted by molar-refractivity contribution is 5.75. The fourth-order valence-corrected chi connectivity index (χ4v) is 7.04. The average molecular weight is 497 g/mol. The summed E-state index contributed by atoms with van der Waals surface area (Å²) in [6, 6.07) is 0. The van der Waals surface area contributed by atoms with Gasteiger partial charge in [-0.15, -0.1) is 0 Å². The Bertz CT molecular complexity index is 930. The molecule has 2 N–H and O–H groups in total. The third-order valence-electron chi connectivity index (χ3n) is 9.48. The molecule has 0 heterocycles. The van der Waals surface area contributed by atoms with Crippen LogP contribution in [0, 0.1) is 34.5 Å². The Morgan fingerprint density at radius 2 is 1.86 bits per heavy atom. The zero-order valence-corrected chi connectivity index (χ0v) is 23.1. The van der Waals surface area contributed by atoms with Crippen LogP contribution in [-0.4, -0.2) is 34.5 Å². The molecule has 0 aromatic rings. The minimum absolute atomic E-state index is 0.0908. The molecule has 36 heavy (non-hydrogen) atoms. The van der Waals surface area contributed by atoms with Crippen molar-refractivity contribution >= 4 is 5.97 Å². The number of hydrogen-bond donors (Lipinski definition) is 2. The number of rotatable bonds is 6. The maximum absolute atomic E-state index is 12.5. The van der Waals surface area contributed by atoms with Gasteiger partial charge in [-0.05, 0) is 118 Å². The summed E-state index contributed by atoms with van der Waals surface area (Å²) < 4.78 is 5.93. The van der Waals surface area contributed by atoms with E-state index in [9.17, 15) is 15.0 Å². The van der Waals surface area contributed by atoms with Gasteiger partial charge >= 0.3 is 5.97 Å². The van der Waals surface area contributed by atoms with Gasteiger partial charge in [-0.1, -0.05) is 44.2 Å². The zero-order chi connectivity index (χ0) is 26.3. The Labute approximate surface area is 218 Å². The van der Waals surface area contributed by atoms with E-state index in [4.69, 9.17) is 4.74 Å². The molecule has 4 heteroatoms. The molecule has 200 valence electrons. The van der Waals surface area contributed by atoms with Gasteiger partial charge in [-0.2, -0.15) is 0 Å². The van der Waals surface area contributed by atoms with E-state index >= 15 is 0 Å². The van der Waals surface area contributed by atoms with Crippen LogP contribution in [0.1, 0.15) is 92.4 Å². The molecule has 0 bridgehead atoms. The first-order valence-corrected chi connectivity index (χ1v) is 14.2. The molecule has 4 saturated carbocycles. The molecule has 0 spiro atoms. The van der Waals surface area contributed by atoms with E-state index in [0.717, 1.165) is 30.4 Å². The number of ether oxygens (including phenoxy) is 1. The molecule has 0 aromatic heterocycles. The van der Waals surface area contributed by atoms with Crippen molar-refractivity contribution in [3.8, 4) is 0 Å². The fourth-order valence-electron chi connectivity index (χ4n) is 7.04. The van der Waals surface area contributed by atoms with Crippen molar-refractivity contribution in [2.45, 2.75) is 111 Å². The Hall–Kier alpha value is -1.65. The van der Waals surface area contributed by atoms with Gasteiger partial charge in [-0.25, -0.2) is 0 Å². The minimum Gasteiger partial charge on any atom is -0.457 e. The number of aliphatic hydroxyl groups is 2. The molecule has 0 amide bonds. The van der Waals surface area contributed by atoms with Crippen molar-refractivity contribution < 1.29 is 19.7 Å². The molecule has 4 aliphatic carbocycles. The second-order valence-corrected chi connectivity index (χ2v) is 13.4. The van der Waals surface area contributed by atoms with Crippen molar-refractivity contribution in [1.82, 2.24) is 0 Å². The van der Waals surface area contributed by atoms with Crippen LogP contribution in [-0.2, 0) is 9.53 Å². The van der Waals surface area contributed by atoms with Crippen LogP contribution in [0.4, 0.5) is 0 Å². The molecule has 0 radical (unpaired) electrons. The lowest BCUT2D eigenvalue weighted by molar-refractivity contribution is -0.157. The summed E-state index contributed by atoms with van der Waals surface area (Å²) in [7, 11) is 0. The van der Waals surface area contributed by atoms with Gasteiger partial charge < -0.3 is 14.9 Å². The van der Waals surface area contributed by atoms with Gasteiger partial charge in [0, 0.05) is 6.42 Å². The van der Waals surface area contributed by atoms with Gasteiger partial charge in [0.15, 0.2) is 0 Å². The quantitative estimate of drug-likeness (QED) is 0.318. The fraction of sp³-hybridized carbons (Fsp3) is 0.719. The first-order chi connectivity index (χ1) is 16.9. The van der Waals surface area contributed by atoms with Crippen molar-refractivity contribution in [3.05, 3.63) is 47.6 Å². The van der Waals surface area contributed by atoms with E-state index in [-0.39, 0.29) is 17.5 Å². The molecular formula is C32H48O4. The summed E-state index contributed by atoms with van der Waals surface area (Å²) in [5, 5.41) is 20.3. The van der Waals surface area contributed by atoms with Crippen molar-refractivity contribution in [2.75, 3.05) is 0 Å². The number of allylic oxidation sites excluding steroid dienone is 4. The first kappa shape index (κ1) is 27.4. The summed E-state index contributed by atoms with van der Waals surface area (Å²) in [5.41, 5.74) is 3.07. The van der Waals surface area contributed by atoms with Gasteiger partial charge in [0.2, 0.25) is 0 Å². The number of esters is 1. The van der Waals surface area contributed by atoms with Crippen molar-refractivity contribution in [1.29, 1.82) is 0 Å². The third-order valence-corrected chi connectivity index (χ3v) is 9.48. The van der Waals surface area contributed by atoms with E-state index in [1.807, 2.05) is 20.8 Å². The minimum atomic E-state index is -0.638. The SMILES string of the molecule is C=C1/C(=C\C=C2/CCC[C@]3(C)[C@@H]([C@H](C)/C=C/[C@H](OC(=O)C(C)(C)C)C4CC4)CC[C@@H]23)C[C@@H](O)C[C@@H]1O. The van der Waals surface area contributed by atoms with E-state index in [1.165, 1.54) is 31.3 Å². The van der Waals surface area contributed by atoms with Crippen LogP contribution < -0.4 is 0 Å². The molecule has 7 atom stereocenters. The normalized spacial score (nSPS) is 37.4. The lowest BCUT2D eigenvalue weighted by Crippen LogP contribution is -2.35. The average Bonchev–Trinajstić information content (AvgIpc) is 3.58. The third kappa shape index (κ3) is 5.91. The Balaban J connectivity index is 1.46. The van der Waals surface area contributed by atoms with E-state index in [1.54, 1.807) is 0 Å². The van der Waals surface area contributed by atoms with Crippen LogP contribution in [0.2, 0.25) is 0 Å². The molecular weight excluding hydrogens is 448 g/mol. The smallest absolute Gasteiger partial charge is 0.311 e. The number of hydrogen-bond acceptors (Lipinski definition) is 4. The number of aliphatic hydroxyl groups excluding tert-OH is 2. The molecule has 0 aliphatic heterocycles. The monoisotopic (exact) mass is 496 g/mol. The number of carbonyl (C=O) groups is 1. The number of fused-ring (bicyclic) bond motifs is 1. The van der Waals surface area contributed by atoms with Crippen LogP contribution in [0.15, 0.2) is 47.6 Å². The predicted molar refractivity (Wildman–Crippen MR) is 145 cm³/mol. The highest BCUT2D eigenvalue weighted by Crippen LogP contribution is 2.59. The second kappa shape index (κ2) is 10.6. The Morgan fingerprint density at radius 1 is 1.14 bits per heavy atom. The maximum atomic E-state index is 12.5.